The van der Waals surface area contributed by atoms with Crippen LogP contribution in [-0.4, -0.2) is 22.2 Å². The van der Waals surface area contributed by atoms with E-state index < -0.39 is 11.9 Å². The van der Waals surface area contributed by atoms with E-state index in [0.717, 1.165) is 51.4 Å². The van der Waals surface area contributed by atoms with Gasteiger partial charge in [0.2, 0.25) is 0 Å². The summed E-state index contributed by atoms with van der Waals surface area (Å²) in [5, 5.41) is 17.0. The Kier molecular flexibility index (Phi) is 36.4. The molecule has 0 radical (unpaired) electrons. The molecule has 0 aliphatic heterocycles. The number of allylic oxidation sites excluding steroid dienone is 10. The van der Waals surface area contributed by atoms with Crippen LogP contribution >= 0.6 is 0 Å². The van der Waals surface area contributed by atoms with Crippen LogP contribution < -0.4 is 0 Å². The number of unbranched alkanes of at least 4 members (excludes halogenated alkanes) is 15. The van der Waals surface area contributed by atoms with Crippen LogP contribution in [0.4, 0.5) is 0 Å². The fourth-order valence-electron chi connectivity index (χ4n) is 3.96. The highest BCUT2D eigenvalue weighted by molar-refractivity contribution is 5.66. The van der Waals surface area contributed by atoms with Crippen LogP contribution in [0.3, 0.4) is 0 Å². The highest BCUT2D eigenvalue weighted by Crippen LogP contribution is 2.09. The average molecular weight is 559 g/mol. The molecule has 0 aliphatic rings. The lowest BCUT2D eigenvalue weighted by Crippen LogP contribution is -1.93. The van der Waals surface area contributed by atoms with Gasteiger partial charge in [0.15, 0.2) is 0 Å². The number of carboxylic acid groups (broad SMARTS) is 2. The first-order valence-corrected chi connectivity index (χ1v) is 16.3. The van der Waals surface area contributed by atoms with E-state index in [1.165, 1.54) is 77.0 Å². The molecule has 2 N–H and O–H groups in total. The van der Waals surface area contributed by atoms with Gasteiger partial charge in [-0.1, -0.05) is 139 Å². The van der Waals surface area contributed by atoms with Crippen molar-refractivity contribution in [3.05, 3.63) is 60.8 Å². The monoisotopic (exact) mass is 558 g/mol. The molecule has 0 saturated heterocycles. The van der Waals surface area contributed by atoms with Gasteiger partial charge in [0.25, 0.3) is 0 Å². The summed E-state index contributed by atoms with van der Waals surface area (Å²) < 4.78 is 0. The van der Waals surface area contributed by atoms with Gasteiger partial charge >= 0.3 is 11.9 Å². The summed E-state index contributed by atoms with van der Waals surface area (Å²) in [5.41, 5.74) is 0. The van der Waals surface area contributed by atoms with Gasteiger partial charge in [0.1, 0.15) is 0 Å². The SMILES string of the molecule is CCCC/C=C/C=C/C=C\CCCCCCCC(=O)O.CCCCC/C=C\C/C=C\CCCCCCCC(=O)O. The molecule has 0 atom stereocenters. The van der Waals surface area contributed by atoms with Gasteiger partial charge in [0.05, 0.1) is 0 Å². The third-order valence-corrected chi connectivity index (χ3v) is 6.43. The van der Waals surface area contributed by atoms with Crippen molar-refractivity contribution in [2.45, 2.75) is 155 Å². The minimum atomic E-state index is -0.677. The van der Waals surface area contributed by atoms with Crippen LogP contribution in [0.25, 0.3) is 0 Å². The Hall–Kier alpha value is -2.36. The number of hydrogen-bond acceptors (Lipinski definition) is 2. The summed E-state index contributed by atoms with van der Waals surface area (Å²) in [6.45, 7) is 4.44. The lowest BCUT2D eigenvalue weighted by Gasteiger charge is -1.98. The number of carboxylic acids is 2. The van der Waals surface area contributed by atoms with Crippen molar-refractivity contribution in [1.29, 1.82) is 0 Å². The number of hydrogen-bond donors (Lipinski definition) is 2. The first-order chi connectivity index (χ1) is 19.5. The summed E-state index contributed by atoms with van der Waals surface area (Å²) in [5.74, 6) is -1.35. The van der Waals surface area contributed by atoms with Crippen molar-refractivity contribution < 1.29 is 19.8 Å². The molecule has 0 rings (SSSR count). The molecule has 0 aromatic heterocycles. The van der Waals surface area contributed by atoms with Gasteiger partial charge in [-0.05, 0) is 64.2 Å². The molecule has 0 bridgehead atoms. The van der Waals surface area contributed by atoms with Crippen molar-refractivity contribution in [2.75, 3.05) is 0 Å². The highest BCUT2D eigenvalue weighted by Gasteiger charge is 1.96. The van der Waals surface area contributed by atoms with Crippen molar-refractivity contribution >= 4 is 11.9 Å². The molecule has 230 valence electrons. The Balaban J connectivity index is 0. The van der Waals surface area contributed by atoms with Gasteiger partial charge < -0.3 is 10.2 Å². The highest BCUT2D eigenvalue weighted by atomic mass is 16.4. The molecule has 0 spiro atoms. The Morgan fingerprint density at radius 1 is 0.425 bits per heavy atom. The zero-order valence-corrected chi connectivity index (χ0v) is 26.0. The molecule has 0 aromatic rings. The molecule has 4 nitrogen and oxygen atoms in total. The maximum atomic E-state index is 10.3. The summed E-state index contributed by atoms with van der Waals surface area (Å²) in [7, 11) is 0. The first-order valence-electron chi connectivity index (χ1n) is 16.3. The molecule has 0 aromatic carbocycles. The summed E-state index contributed by atoms with van der Waals surface area (Å²) in [6, 6.07) is 0. The summed E-state index contributed by atoms with van der Waals surface area (Å²) >= 11 is 0. The van der Waals surface area contributed by atoms with E-state index >= 15 is 0 Å². The van der Waals surface area contributed by atoms with Gasteiger partial charge in [-0.3, -0.25) is 9.59 Å². The first kappa shape index (κ1) is 39.8. The Morgan fingerprint density at radius 3 is 1.25 bits per heavy atom. The molecule has 0 unspecified atom stereocenters. The molecule has 0 saturated carbocycles. The summed E-state index contributed by atoms with van der Waals surface area (Å²) in [4.78, 5) is 20.6. The summed E-state index contributed by atoms with van der Waals surface area (Å²) in [6.07, 6.45) is 45.6. The molecule has 4 heteroatoms. The molecule has 0 fully saturated rings. The number of rotatable bonds is 27. The van der Waals surface area contributed by atoms with Crippen LogP contribution in [0.2, 0.25) is 0 Å². The third-order valence-electron chi connectivity index (χ3n) is 6.43. The van der Waals surface area contributed by atoms with Crippen molar-refractivity contribution in [3.63, 3.8) is 0 Å². The molecule has 0 heterocycles. The minimum Gasteiger partial charge on any atom is -0.481 e. The van der Waals surface area contributed by atoms with Crippen LogP contribution in [-0.2, 0) is 9.59 Å². The van der Waals surface area contributed by atoms with E-state index in [4.69, 9.17) is 10.2 Å². The van der Waals surface area contributed by atoms with E-state index in [-0.39, 0.29) is 0 Å². The fourth-order valence-corrected chi connectivity index (χ4v) is 3.96. The molecule has 0 aliphatic carbocycles. The van der Waals surface area contributed by atoms with Gasteiger partial charge in [-0.2, -0.15) is 0 Å². The van der Waals surface area contributed by atoms with Gasteiger partial charge in [-0.25, -0.2) is 0 Å². The van der Waals surface area contributed by atoms with E-state index in [2.05, 4.69) is 74.6 Å². The van der Waals surface area contributed by atoms with E-state index in [1.807, 2.05) is 0 Å². The Bertz CT molecular complexity index is 685. The number of aliphatic carboxylic acids is 2. The van der Waals surface area contributed by atoms with Gasteiger partial charge in [0, 0.05) is 12.8 Å². The smallest absolute Gasteiger partial charge is 0.303 e. The quantitative estimate of drug-likeness (QED) is 0.0597. The standard InChI is InChI=1S/C18H32O2.C18H30O2/c2*1-2-3-4-5-6-7-8-9-10-11-12-13-14-15-16-17-18(19)20/h6-7,9-10H,2-5,8,11-17H2,1H3,(H,19,20);5-10H,2-4,11-17H2,1H3,(H,19,20)/b7-6-,10-9-;6-5+,8-7+,10-9-. The van der Waals surface area contributed by atoms with E-state index in [9.17, 15) is 9.59 Å². The second kappa shape index (κ2) is 36.6. The zero-order chi connectivity index (χ0) is 29.8. The normalized spacial score (nSPS) is 11.8. The predicted octanol–water partition coefficient (Wildman–Crippen LogP) is 11.5. The largest absolute Gasteiger partial charge is 0.481 e. The second-order valence-electron chi connectivity index (χ2n) is 10.5. The predicted molar refractivity (Wildman–Crippen MR) is 174 cm³/mol. The van der Waals surface area contributed by atoms with Crippen LogP contribution in [0, 0.1) is 0 Å². The van der Waals surface area contributed by atoms with Gasteiger partial charge in [-0.15, -0.1) is 0 Å². The van der Waals surface area contributed by atoms with Crippen molar-refractivity contribution in [2.24, 2.45) is 0 Å². The van der Waals surface area contributed by atoms with Crippen LogP contribution in [0.1, 0.15) is 155 Å². The molecular formula is C36H62O4. The number of carbonyl (C=O) groups is 2. The fraction of sp³-hybridized carbons (Fsp3) is 0.667. The maximum absolute atomic E-state index is 10.3. The van der Waals surface area contributed by atoms with Crippen molar-refractivity contribution in [3.8, 4) is 0 Å². The Morgan fingerprint density at radius 2 is 0.800 bits per heavy atom. The zero-order valence-electron chi connectivity index (χ0n) is 26.0. The molecule has 40 heavy (non-hydrogen) atoms. The van der Waals surface area contributed by atoms with E-state index in [1.54, 1.807) is 0 Å². The van der Waals surface area contributed by atoms with Crippen LogP contribution in [0.5, 0.6) is 0 Å². The minimum absolute atomic E-state index is 0.316. The second-order valence-corrected chi connectivity index (χ2v) is 10.5. The third kappa shape index (κ3) is 42.7. The van der Waals surface area contributed by atoms with Crippen molar-refractivity contribution in [1.82, 2.24) is 0 Å². The molecular weight excluding hydrogens is 496 g/mol. The topological polar surface area (TPSA) is 74.6 Å². The maximum Gasteiger partial charge on any atom is 0.303 e. The average Bonchev–Trinajstić information content (AvgIpc) is 2.93. The Labute approximate surface area is 247 Å². The van der Waals surface area contributed by atoms with Crippen LogP contribution in [0.15, 0.2) is 60.8 Å². The lowest BCUT2D eigenvalue weighted by molar-refractivity contribution is -0.138. The lowest BCUT2D eigenvalue weighted by atomic mass is 10.1. The van der Waals surface area contributed by atoms with E-state index in [0.29, 0.717) is 12.8 Å². The molecule has 0 amide bonds.